The summed E-state index contributed by atoms with van der Waals surface area (Å²) in [7, 11) is 0. The Labute approximate surface area is 137 Å². The Hall–Kier alpha value is -1.20. The third-order valence-corrected chi connectivity index (χ3v) is 5.61. The molecule has 4 heteroatoms. The fourth-order valence-corrected chi connectivity index (χ4v) is 4.29. The van der Waals surface area contributed by atoms with Crippen LogP contribution < -0.4 is 0 Å². The topological polar surface area (TPSA) is 41.9 Å². The van der Waals surface area contributed by atoms with E-state index < -0.39 is 5.79 Å². The first kappa shape index (κ1) is 15.3. The SMILES string of the molecule is OCC12CCC3(CC1=CCN(Cc1ccccc1)C2)OCCO3. The lowest BCUT2D eigenvalue weighted by molar-refractivity contribution is -0.181. The molecule has 1 unspecified atom stereocenters. The van der Waals surface area contributed by atoms with Crippen LogP contribution in [-0.4, -0.2) is 48.7 Å². The first-order valence-corrected chi connectivity index (χ1v) is 8.58. The van der Waals surface area contributed by atoms with Crippen molar-refractivity contribution in [3.05, 3.63) is 47.5 Å². The molecule has 0 radical (unpaired) electrons. The molecule has 2 fully saturated rings. The molecule has 3 aliphatic rings. The van der Waals surface area contributed by atoms with Crippen molar-refractivity contribution in [1.29, 1.82) is 0 Å². The highest BCUT2D eigenvalue weighted by atomic mass is 16.7. The van der Waals surface area contributed by atoms with Gasteiger partial charge in [0.1, 0.15) is 0 Å². The standard InChI is InChI=1S/C19H25NO3/c21-15-18-7-8-19(22-10-11-23-19)12-17(18)6-9-20(14-18)13-16-4-2-1-3-5-16/h1-6,21H,7-15H2. The number of aliphatic hydroxyl groups excluding tert-OH is 1. The molecule has 1 aromatic rings. The van der Waals surface area contributed by atoms with Crippen LogP contribution in [0.5, 0.6) is 0 Å². The van der Waals surface area contributed by atoms with Crippen LogP contribution in [0.4, 0.5) is 0 Å². The Balaban J connectivity index is 1.52. The van der Waals surface area contributed by atoms with Gasteiger partial charge in [-0.25, -0.2) is 0 Å². The maximum atomic E-state index is 10.1. The number of hydrogen-bond donors (Lipinski definition) is 1. The monoisotopic (exact) mass is 315 g/mol. The molecule has 0 bridgehead atoms. The zero-order valence-electron chi connectivity index (χ0n) is 13.5. The van der Waals surface area contributed by atoms with Gasteiger partial charge in [0.2, 0.25) is 0 Å². The average molecular weight is 315 g/mol. The smallest absolute Gasteiger partial charge is 0.172 e. The minimum Gasteiger partial charge on any atom is -0.395 e. The lowest BCUT2D eigenvalue weighted by Crippen LogP contribution is -2.51. The first-order chi connectivity index (χ1) is 11.2. The van der Waals surface area contributed by atoms with Gasteiger partial charge in [-0.1, -0.05) is 42.0 Å². The van der Waals surface area contributed by atoms with Gasteiger partial charge in [-0.2, -0.15) is 0 Å². The van der Waals surface area contributed by atoms with Crippen molar-refractivity contribution in [3.8, 4) is 0 Å². The van der Waals surface area contributed by atoms with Gasteiger partial charge < -0.3 is 14.6 Å². The summed E-state index contributed by atoms with van der Waals surface area (Å²) in [6, 6.07) is 10.6. The van der Waals surface area contributed by atoms with Crippen molar-refractivity contribution in [3.63, 3.8) is 0 Å². The van der Waals surface area contributed by atoms with Gasteiger partial charge in [0.05, 0.1) is 19.8 Å². The van der Waals surface area contributed by atoms with Crippen LogP contribution in [0, 0.1) is 5.41 Å². The van der Waals surface area contributed by atoms with Gasteiger partial charge in [0.25, 0.3) is 0 Å². The maximum absolute atomic E-state index is 10.1. The maximum Gasteiger partial charge on any atom is 0.172 e. The molecule has 124 valence electrons. The number of aliphatic hydroxyl groups is 1. The van der Waals surface area contributed by atoms with E-state index in [9.17, 15) is 5.11 Å². The number of benzene rings is 1. The van der Waals surface area contributed by atoms with Gasteiger partial charge >= 0.3 is 0 Å². The minimum atomic E-state index is -0.411. The Morgan fingerprint density at radius 1 is 1.09 bits per heavy atom. The van der Waals surface area contributed by atoms with E-state index in [1.807, 2.05) is 0 Å². The van der Waals surface area contributed by atoms with Gasteiger partial charge in [-0.05, 0) is 12.0 Å². The second-order valence-electron chi connectivity index (χ2n) is 7.11. The summed E-state index contributed by atoms with van der Waals surface area (Å²) in [6.07, 6.45) is 4.92. The van der Waals surface area contributed by atoms with Crippen molar-refractivity contribution in [2.45, 2.75) is 31.6 Å². The molecule has 1 spiro atoms. The summed E-state index contributed by atoms with van der Waals surface area (Å²) in [5.74, 6) is -0.411. The van der Waals surface area contributed by atoms with E-state index in [-0.39, 0.29) is 12.0 Å². The van der Waals surface area contributed by atoms with Gasteiger partial charge in [0.15, 0.2) is 5.79 Å². The molecule has 4 rings (SSSR count). The predicted octanol–water partition coefficient (Wildman–Crippen LogP) is 2.33. The van der Waals surface area contributed by atoms with Gasteiger partial charge in [-0.15, -0.1) is 0 Å². The van der Waals surface area contributed by atoms with E-state index in [0.717, 1.165) is 38.9 Å². The summed E-state index contributed by atoms with van der Waals surface area (Å²) < 4.78 is 11.8. The van der Waals surface area contributed by atoms with Crippen molar-refractivity contribution >= 4 is 0 Å². The van der Waals surface area contributed by atoms with Crippen LogP contribution in [0.3, 0.4) is 0 Å². The van der Waals surface area contributed by atoms with Crippen molar-refractivity contribution in [2.24, 2.45) is 5.41 Å². The number of hydrogen-bond acceptors (Lipinski definition) is 4. The molecule has 1 saturated heterocycles. The Morgan fingerprint density at radius 2 is 1.87 bits per heavy atom. The summed E-state index contributed by atoms with van der Waals surface area (Å²) in [6.45, 7) is 4.38. The van der Waals surface area contributed by atoms with Crippen molar-refractivity contribution in [2.75, 3.05) is 32.9 Å². The number of rotatable bonds is 3. The van der Waals surface area contributed by atoms with E-state index in [1.165, 1.54) is 11.1 Å². The van der Waals surface area contributed by atoms with Crippen LogP contribution in [0.15, 0.2) is 42.0 Å². The second-order valence-corrected chi connectivity index (χ2v) is 7.11. The van der Waals surface area contributed by atoms with E-state index in [2.05, 4.69) is 41.3 Å². The fourth-order valence-electron chi connectivity index (χ4n) is 4.29. The molecule has 1 saturated carbocycles. The molecule has 1 aromatic carbocycles. The molecule has 1 aliphatic carbocycles. The summed E-state index contributed by atoms with van der Waals surface area (Å²) in [5, 5.41) is 10.1. The third-order valence-electron chi connectivity index (χ3n) is 5.61. The van der Waals surface area contributed by atoms with Crippen LogP contribution in [0.1, 0.15) is 24.8 Å². The average Bonchev–Trinajstić information content (AvgIpc) is 3.04. The predicted molar refractivity (Wildman–Crippen MR) is 87.8 cm³/mol. The molecule has 0 aromatic heterocycles. The number of nitrogens with zero attached hydrogens (tertiary/aromatic N) is 1. The van der Waals surface area contributed by atoms with E-state index in [4.69, 9.17) is 9.47 Å². The first-order valence-electron chi connectivity index (χ1n) is 8.58. The van der Waals surface area contributed by atoms with Crippen LogP contribution in [0.2, 0.25) is 0 Å². The second kappa shape index (κ2) is 6.02. The summed E-state index contributed by atoms with van der Waals surface area (Å²) in [5.41, 5.74) is 2.54. The highest BCUT2D eigenvalue weighted by Gasteiger charge is 2.50. The minimum absolute atomic E-state index is 0.117. The van der Waals surface area contributed by atoms with Crippen LogP contribution in [0.25, 0.3) is 0 Å². The normalized spacial score (nSPS) is 30.2. The molecule has 0 amide bonds. The van der Waals surface area contributed by atoms with Gasteiger partial charge in [-0.3, -0.25) is 4.90 Å². The number of fused-ring (bicyclic) bond motifs is 1. The van der Waals surface area contributed by atoms with Crippen LogP contribution in [-0.2, 0) is 16.0 Å². The highest BCUT2D eigenvalue weighted by molar-refractivity contribution is 5.25. The fraction of sp³-hybridized carbons (Fsp3) is 0.579. The van der Waals surface area contributed by atoms with Crippen LogP contribution >= 0.6 is 0 Å². The van der Waals surface area contributed by atoms with E-state index in [1.54, 1.807) is 0 Å². The lowest BCUT2D eigenvalue weighted by Gasteiger charge is -2.49. The van der Waals surface area contributed by atoms with E-state index >= 15 is 0 Å². The lowest BCUT2D eigenvalue weighted by atomic mass is 9.67. The Kier molecular flexibility index (Phi) is 4.01. The molecule has 23 heavy (non-hydrogen) atoms. The van der Waals surface area contributed by atoms with Crippen molar-refractivity contribution in [1.82, 2.24) is 4.90 Å². The molecule has 2 heterocycles. The molecule has 1 N–H and O–H groups in total. The summed E-state index contributed by atoms with van der Waals surface area (Å²) in [4.78, 5) is 2.43. The molecular weight excluding hydrogens is 290 g/mol. The molecular formula is C19H25NO3. The highest BCUT2D eigenvalue weighted by Crippen LogP contribution is 2.49. The molecule has 1 atom stereocenters. The number of ether oxygens (including phenoxy) is 2. The Bertz CT molecular complexity index is 580. The summed E-state index contributed by atoms with van der Waals surface area (Å²) >= 11 is 0. The molecule has 4 nitrogen and oxygen atoms in total. The third kappa shape index (κ3) is 2.85. The van der Waals surface area contributed by atoms with Gasteiger partial charge in [0, 0.05) is 37.9 Å². The zero-order chi connectivity index (χ0) is 15.8. The quantitative estimate of drug-likeness (QED) is 0.869. The molecule has 2 aliphatic heterocycles. The Morgan fingerprint density at radius 3 is 2.61 bits per heavy atom. The largest absolute Gasteiger partial charge is 0.395 e. The zero-order valence-corrected chi connectivity index (χ0v) is 13.5. The van der Waals surface area contributed by atoms with E-state index in [0.29, 0.717) is 13.2 Å². The van der Waals surface area contributed by atoms with Crippen molar-refractivity contribution < 1.29 is 14.6 Å².